The molecule has 1 atom stereocenters. The Labute approximate surface area is 133 Å². The summed E-state index contributed by atoms with van der Waals surface area (Å²) in [5.74, 6) is -0.381. The summed E-state index contributed by atoms with van der Waals surface area (Å²) in [6.45, 7) is 8.43. The molecule has 0 aliphatic heterocycles. The van der Waals surface area contributed by atoms with Crippen molar-refractivity contribution in [2.75, 3.05) is 0 Å². The molecular weight excluding hydrogens is 339 g/mol. The van der Waals surface area contributed by atoms with Crippen molar-refractivity contribution in [2.24, 2.45) is 0 Å². The number of rotatable bonds is 2. The molecule has 20 heavy (non-hydrogen) atoms. The molecule has 0 aliphatic rings. The van der Waals surface area contributed by atoms with Gasteiger partial charge in [0.25, 0.3) is 0 Å². The Morgan fingerprint density at radius 2 is 1.55 bits per heavy atom. The van der Waals surface area contributed by atoms with Crippen LogP contribution in [0.3, 0.4) is 0 Å². The van der Waals surface area contributed by atoms with Gasteiger partial charge in [-0.1, -0.05) is 39.7 Å². The molecule has 0 saturated carbocycles. The number of benzene rings is 2. The summed E-state index contributed by atoms with van der Waals surface area (Å²) in [6.07, 6.45) is 0. The molecule has 0 amide bonds. The third-order valence-corrected chi connectivity index (χ3v) is 5.21. The monoisotopic (exact) mass is 354 g/mol. The minimum absolute atomic E-state index is 0.0344. The molecule has 106 valence electrons. The second-order valence-corrected chi connectivity index (χ2v) is 6.53. The maximum absolute atomic E-state index is 13.7. The molecule has 0 heterocycles. The number of alkyl halides is 1. The summed E-state index contributed by atoms with van der Waals surface area (Å²) in [4.78, 5) is -0.0344. The average Bonchev–Trinajstić information content (AvgIpc) is 2.40. The molecule has 0 aromatic heterocycles. The highest BCUT2D eigenvalue weighted by molar-refractivity contribution is 9.09. The third kappa shape index (κ3) is 2.77. The molecule has 2 aromatic rings. The van der Waals surface area contributed by atoms with Crippen LogP contribution in [-0.4, -0.2) is 0 Å². The van der Waals surface area contributed by atoms with Gasteiger partial charge >= 0.3 is 0 Å². The summed E-state index contributed by atoms with van der Waals surface area (Å²) >= 11 is 9.47. The van der Waals surface area contributed by atoms with Crippen LogP contribution in [0.5, 0.6) is 0 Å². The fraction of sp³-hybridized carbons (Fsp3) is 0.294. The van der Waals surface area contributed by atoms with Crippen molar-refractivity contribution in [3.63, 3.8) is 0 Å². The van der Waals surface area contributed by atoms with Gasteiger partial charge in [0.15, 0.2) is 0 Å². The molecule has 2 aromatic carbocycles. The van der Waals surface area contributed by atoms with E-state index in [2.05, 4.69) is 49.7 Å². The highest BCUT2D eigenvalue weighted by Gasteiger charge is 2.19. The van der Waals surface area contributed by atoms with Gasteiger partial charge in [0.05, 0.1) is 9.85 Å². The predicted octanol–water partition coefficient (Wildman–Crippen LogP) is 6.20. The van der Waals surface area contributed by atoms with E-state index in [1.54, 1.807) is 6.07 Å². The van der Waals surface area contributed by atoms with Crippen LogP contribution in [0.25, 0.3) is 0 Å². The largest absolute Gasteiger partial charge is 0.205 e. The van der Waals surface area contributed by atoms with Crippen molar-refractivity contribution >= 4 is 27.5 Å². The lowest BCUT2D eigenvalue weighted by molar-refractivity contribution is 0.626. The van der Waals surface area contributed by atoms with Crippen LogP contribution in [0.2, 0.25) is 5.02 Å². The summed E-state index contributed by atoms with van der Waals surface area (Å²) in [6, 6.07) is 7.16. The second-order valence-electron chi connectivity index (χ2n) is 5.21. The average molecular weight is 356 g/mol. The van der Waals surface area contributed by atoms with Gasteiger partial charge in [-0.05, 0) is 73.2 Å². The van der Waals surface area contributed by atoms with Crippen molar-refractivity contribution in [3.8, 4) is 0 Å². The van der Waals surface area contributed by atoms with E-state index < -0.39 is 0 Å². The zero-order chi connectivity index (χ0) is 15.0. The number of hydrogen-bond acceptors (Lipinski definition) is 0. The van der Waals surface area contributed by atoms with Crippen LogP contribution in [0, 0.1) is 33.5 Å². The third-order valence-electron chi connectivity index (χ3n) is 3.91. The highest BCUT2D eigenvalue weighted by atomic mass is 79.9. The van der Waals surface area contributed by atoms with Crippen LogP contribution < -0.4 is 0 Å². The van der Waals surface area contributed by atoms with Gasteiger partial charge in [-0.2, -0.15) is 0 Å². The zero-order valence-electron chi connectivity index (χ0n) is 12.0. The van der Waals surface area contributed by atoms with E-state index in [0.717, 1.165) is 5.56 Å². The number of aryl methyl sites for hydroxylation is 2. The lowest BCUT2D eigenvalue weighted by Crippen LogP contribution is -2.03. The van der Waals surface area contributed by atoms with Gasteiger partial charge in [0, 0.05) is 0 Å². The lowest BCUT2D eigenvalue weighted by Gasteiger charge is -2.20. The number of halogens is 3. The van der Waals surface area contributed by atoms with E-state index in [4.69, 9.17) is 11.6 Å². The van der Waals surface area contributed by atoms with Crippen LogP contribution in [0.4, 0.5) is 4.39 Å². The van der Waals surface area contributed by atoms with Gasteiger partial charge in [0.1, 0.15) is 5.82 Å². The Kier molecular flexibility index (Phi) is 4.55. The van der Waals surface area contributed by atoms with Crippen molar-refractivity contribution in [2.45, 2.75) is 32.5 Å². The van der Waals surface area contributed by atoms with E-state index >= 15 is 0 Å². The molecule has 0 aliphatic carbocycles. The maximum Gasteiger partial charge on any atom is 0.142 e. The van der Waals surface area contributed by atoms with Gasteiger partial charge in [-0.15, -0.1) is 0 Å². The van der Waals surface area contributed by atoms with E-state index in [9.17, 15) is 4.39 Å². The zero-order valence-corrected chi connectivity index (χ0v) is 14.4. The van der Waals surface area contributed by atoms with E-state index in [-0.39, 0.29) is 15.7 Å². The van der Waals surface area contributed by atoms with Crippen molar-refractivity contribution in [1.29, 1.82) is 0 Å². The van der Waals surface area contributed by atoms with E-state index in [1.165, 1.54) is 33.9 Å². The van der Waals surface area contributed by atoms with Crippen molar-refractivity contribution in [1.82, 2.24) is 0 Å². The normalized spacial score (nSPS) is 12.6. The van der Waals surface area contributed by atoms with Crippen LogP contribution in [0.1, 0.15) is 38.2 Å². The molecule has 3 heteroatoms. The molecule has 1 unspecified atom stereocenters. The molecule has 0 radical (unpaired) electrons. The first-order valence-corrected chi connectivity index (χ1v) is 7.78. The summed E-state index contributed by atoms with van der Waals surface area (Å²) < 4.78 is 13.7. The maximum atomic E-state index is 13.7. The first kappa shape index (κ1) is 15.5. The predicted molar refractivity (Wildman–Crippen MR) is 87.6 cm³/mol. The highest BCUT2D eigenvalue weighted by Crippen LogP contribution is 2.38. The quantitative estimate of drug-likeness (QED) is 0.563. The Morgan fingerprint density at radius 3 is 2.05 bits per heavy atom. The summed E-state index contributed by atoms with van der Waals surface area (Å²) in [5.41, 5.74) is 7.08. The minimum atomic E-state index is -0.381. The molecule has 2 rings (SSSR count). The minimum Gasteiger partial charge on any atom is -0.205 e. The van der Waals surface area contributed by atoms with Gasteiger partial charge in [-0.3, -0.25) is 0 Å². The van der Waals surface area contributed by atoms with Gasteiger partial charge < -0.3 is 0 Å². The molecule has 0 spiro atoms. The SMILES string of the molecule is Cc1cc(C)c(C)c(C(Br)c2ccc(Cl)c(F)c2)c1C. The Balaban J connectivity index is 2.58. The Bertz CT molecular complexity index is 638. The summed E-state index contributed by atoms with van der Waals surface area (Å²) in [7, 11) is 0. The van der Waals surface area contributed by atoms with Crippen LogP contribution in [0.15, 0.2) is 24.3 Å². The molecule has 0 N–H and O–H groups in total. The Hall–Kier alpha value is -0.860. The first-order valence-electron chi connectivity index (χ1n) is 6.49. The Morgan fingerprint density at radius 1 is 1.00 bits per heavy atom. The standard InChI is InChI=1S/C17H17BrClF/c1-9-7-10(2)12(4)16(11(9)3)17(18)13-5-6-14(19)15(20)8-13/h5-8,17H,1-4H3. The first-order chi connectivity index (χ1) is 9.32. The molecule has 0 nitrogen and oxygen atoms in total. The molecule has 0 bridgehead atoms. The topological polar surface area (TPSA) is 0 Å². The van der Waals surface area contributed by atoms with Gasteiger partial charge in [0.2, 0.25) is 0 Å². The van der Waals surface area contributed by atoms with Crippen LogP contribution in [-0.2, 0) is 0 Å². The van der Waals surface area contributed by atoms with Crippen molar-refractivity contribution in [3.05, 3.63) is 68.5 Å². The van der Waals surface area contributed by atoms with E-state index in [1.807, 2.05) is 6.07 Å². The fourth-order valence-electron chi connectivity index (χ4n) is 2.46. The van der Waals surface area contributed by atoms with Gasteiger partial charge in [-0.25, -0.2) is 4.39 Å². The smallest absolute Gasteiger partial charge is 0.142 e. The fourth-order valence-corrected chi connectivity index (χ4v) is 3.55. The van der Waals surface area contributed by atoms with Crippen LogP contribution >= 0.6 is 27.5 Å². The lowest BCUT2D eigenvalue weighted by atomic mass is 9.90. The molecule has 0 fully saturated rings. The number of hydrogen-bond donors (Lipinski definition) is 0. The van der Waals surface area contributed by atoms with Crippen molar-refractivity contribution < 1.29 is 4.39 Å². The van der Waals surface area contributed by atoms with E-state index in [0.29, 0.717) is 0 Å². The molecule has 0 saturated heterocycles. The second kappa shape index (κ2) is 5.87. The summed E-state index contributed by atoms with van der Waals surface area (Å²) in [5, 5.41) is 0.155. The molecular formula is C17H17BrClF.